The summed E-state index contributed by atoms with van der Waals surface area (Å²) in [7, 11) is 0. The fourth-order valence-corrected chi connectivity index (χ4v) is 5.80. The van der Waals surface area contributed by atoms with E-state index in [1.807, 2.05) is 22.6 Å². The van der Waals surface area contributed by atoms with Gasteiger partial charge in [0, 0.05) is 0 Å². The molecule has 2 atom stereocenters. The minimum atomic E-state index is -4.16. The van der Waals surface area contributed by atoms with Gasteiger partial charge >= 0.3 is 151 Å². The molecule has 124 valence electrons. The van der Waals surface area contributed by atoms with E-state index in [-0.39, 0.29) is 5.54 Å². The van der Waals surface area contributed by atoms with E-state index in [2.05, 4.69) is 15.6 Å². The molecule has 0 bridgehead atoms. The quantitative estimate of drug-likeness (QED) is 0.500. The predicted octanol–water partition coefficient (Wildman–Crippen LogP) is 1.95. The second-order valence-corrected chi connectivity index (χ2v) is 9.39. The van der Waals surface area contributed by atoms with Gasteiger partial charge in [0.2, 0.25) is 0 Å². The Morgan fingerprint density at radius 3 is 3.04 bits per heavy atom. The van der Waals surface area contributed by atoms with Gasteiger partial charge in [0.15, 0.2) is 0 Å². The standard InChI is InChI=1S/C14H14F3IN4Se/c15-14(16,17)23-12-9(18)5-10-11(20-3-4-22(10)12)21-13-1-2-19-7-8(13)6-13/h3-5,8,19H,1-2,6-7H2,(H,20,21). The third-order valence-electron chi connectivity index (χ3n) is 4.56. The van der Waals surface area contributed by atoms with Crippen molar-refractivity contribution in [1.29, 1.82) is 0 Å². The Bertz CT molecular complexity index is 762. The fourth-order valence-electron chi connectivity index (χ4n) is 3.34. The molecule has 0 aromatic carbocycles. The van der Waals surface area contributed by atoms with Gasteiger partial charge in [0.1, 0.15) is 0 Å². The number of anilines is 1. The second-order valence-electron chi connectivity index (χ2n) is 6.01. The first-order valence-electron chi connectivity index (χ1n) is 7.28. The molecule has 4 rings (SSSR count). The number of hydrogen-bond acceptors (Lipinski definition) is 3. The summed E-state index contributed by atoms with van der Waals surface area (Å²) in [6.45, 7) is 1.96. The molecule has 0 spiro atoms. The fraction of sp³-hybridized carbons (Fsp3) is 0.500. The summed E-state index contributed by atoms with van der Waals surface area (Å²) in [6.07, 6.45) is 5.32. The molecule has 4 nitrogen and oxygen atoms in total. The molecule has 2 N–H and O–H groups in total. The Labute approximate surface area is 150 Å². The Kier molecular flexibility index (Phi) is 3.82. The molecule has 1 aliphatic carbocycles. The molecule has 9 heteroatoms. The van der Waals surface area contributed by atoms with Crippen molar-refractivity contribution < 1.29 is 13.2 Å². The van der Waals surface area contributed by atoms with Gasteiger partial charge in [-0.1, -0.05) is 0 Å². The monoisotopic (exact) mass is 502 g/mol. The first kappa shape index (κ1) is 16.0. The van der Waals surface area contributed by atoms with Crippen LogP contribution in [0.4, 0.5) is 19.0 Å². The second kappa shape index (κ2) is 5.50. The zero-order valence-electron chi connectivity index (χ0n) is 12.0. The Morgan fingerprint density at radius 1 is 1.48 bits per heavy atom. The van der Waals surface area contributed by atoms with Crippen LogP contribution in [0.2, 0.25) is 0 Å². The summed E-state index contributed by atoms with van der Waals surface area (Å²) < 4.78 is 41.1. The van der Waals surface area contributed by atoms with Crippen molar-refractivity contribution in [2.24, 2.45) is 5.92 Å². The van der Waals surface area contributed by atoms with Crippen LogP contribution in [-0.2, 0) is 0 Å². The topological polar surface area (TPSA) is 41.4 Å². The molecule has 0 amide bonds. The average Bonchev–Trinajstić information content (AvgIpc) is 3.11. The summed E-state index contributed by atoms with van der Waals surface area (Å²) in [6, 6.07) is 1.80. The first-order chi connectivity index (χ1) is 10.9. The Morgan fingerprint density at radius 2 is 2.30 bits per heavy atom. The van der Waals surface area contributed by atoms with E-state index >= 15 is 0 Å². The van der Waals surface area contributed by atoms with Crippen molar-refractivity contribution in [3.8, 4) is 0 Å². The summed E-state index contributed by atoms with van der Waals surface area (Å²) in [5.74, 6) is 1.28. The third-order valence-corrected chi connectivity index (χ3v) is 7.97. The van der Waals surface area contributed by atoms with Crippen molar-refractivity contribution in [3.05, 3.63) is 22.0 Å². The van der Waals surface area contributed by atoms with Crippen LogP contribution in [0.5, 0.6) is 0 Å². The molecular formula is C14H14F3IN4Se. The molecule has 1 saturated heterocycles. The summed E-state index contributed by atoms with van der Waals surface area (Å²) in [5.41, 5.74) is 0.807. The van der Waals surface area contributed by atoms with Gasteiger partial charge in [-0.25, -0.2) is 0 Å². The van der Waals surface area contributed by atoms with Crippen molar-refractivity contribution in [3.63, 3.8) is 0 Å². The molecule has 2 aliphatic rings. The number of nitrogens with zero attached hydrogens (tertiary/aromatic N) is 2. The van der Waals surface area contributed by atoms with Gasteiger partial charge in [-0.2, -0.15) is 0 Å². The number of piperidine rings is 1. The molecule has 2 fully saturated rings. The van der Waals surface area contributed by atoms with Crippen molar-refractivity contribution in [2.45, 2.75) is 23.5 Å². The van der Waals surface area contributed by atoms with Gasteiger partial charge in [0.25, 0.3) is 0 Å². The number of alkyl halides is 3. The molecule has 0 radical (unpaired) electrons. The molecule has 1 saturated carbocycles. The minimum absolute atomic E-state index is 0.0745. The van der Waals surface area contributed by atoms with Gasteiger partial charge in [-0.15, -0.1) is 0 Å². The number of fused-ring (bicyclic) bond motifs is 2. The zero-order valence-corrected chi connectivity index (χ0v) is 15.8. The maximum absolute atomic E-state index is 12.8. The predicted molar refractivity (Wildman–Crippen MR) is 91.3 cm³/mol. The summed E-state index contributed by atoms with van der Waals surface area (Å²) in [5, 5.41) is 2.74. The van der Waals surface area contributed by atoms with Gasteiger partial charge < -0.3 is 0 Å². The summed E-state index contributed by atoms with van der Waals surface area (Å²) in [4.78, 5) is 4.39. The molecule has 3 heterocycles. The number of nitrogens with one attached hydrogen (secondary N) is 2. The Balaban J connectivity index is 1.70. The van der Waals surface area contributed by atoms with Crippen LogP contribution in [0.15, 0.2) is 18.5 Å². The van der Waals surface area contributed by atoms with Crippen LogP contribution in [0.3, 0.4) is 0 Å². The van der Waals surface area contributed by atoms with E-state index in [0.29, 0.717) is 19.9 Å². The molecule has 23 heavy (non-hydrogen) atoms. The number of aromatic nitrogens is 2. The normalized spacial score (nSPS) is 27.0. The van der Waals surface area contributed by atoms with Crippen LogP contribution in [0, 0.1) is 9.49 Å². The number of hydrogen-bond donors (Lipinski definition) is 2. The van der Waals surface area contributed by atoms with Crippen LogP contribution in [0.1, 0.15) is 12.8 Å². The van der Waals surface area contributed by atoms with E-state index in [1.165, 1.54) is 0 Å². The van der Waals surface area contributed by atoms with Crippen molar-refractivity contribution >= 4 is 53.5 Å². The van der Waals surface area contributed by atoms with Crippen molar-refractivity contribution in [1.82, 2.24) is 14.7 Å². The van der Waals surface area contributed by atoms with E-state index in [9.17, 15) is 13.2 Å². The SMILES string of the molecule is FC(F)(F)[Se]c1c(I)cc2c(NC34CCNCC3C4)nccn12. The average molecular weight is 501 g/mol. The van der Waals surface area contributed by atoms with E-state index in [4.69, 9.17) is 0 Å². The van der Waals surface area contributed by atoms with Gasteiger partial charge in [-0.05, 0) is 0 Å². The summed E-state index contributed by atoms with van der Waals surface area (Å²) >= 11 is 0.418. The maximum atomic E-state index is 12.8. The molecule has 1 aliphatic heterocycles. The van der Waals surface area contributed by atoms with E-state index < -0.39 is 20.0 Å². The molecular weight excluding hydrogens is 487 g/mol. The molecule has 2 aromatic heterocycles. The zero-order chi connectivity index (χ0) is 16.2. The van der Waals surface area contributed by atoms with E-state index in [1.54, 1.807) is 22.9 Å². The van der Waals surface area contributed by atoms with Gasteiger partial charge in [-0.3, -0.25) is 0 Å². The molecule has 2 unspecified atom stereocenters. The van der Waals surface area contributed by atoms with Crippen LogP contribution < -0.4 is 15.2 Å². The van der Waals surface area contributed by atoms with E-state index in [0.717, 1.165) is 31.4 Å². The van der Waals surface area contributed by atoms with Gasteiger partial charge in [0.05, 0.1) is 0 Å². The number of rotatable bonds is 3. The van der Waals surface area contributed by atoms with Crippen LogP contribution >= 0.6 is 22.6 Å². The molecule has 2 aromatic rings. The van der Waals surface area contributed by atoms with Crippen LogP contribution in [-0.4, -0.2) is 48.0 Å². The first-order valence-corrected chi connectivity index (χ1v) is 10.1. The number of halogens is 4. The Hall–Kier alpha value is -0.511. The van der Waals surface area contributed by atoms with Crippen molar-refractivity contribution in [2.75, 3.05) is 18.4 Å². The van der Waals surface area contributed by atoms with Crippen LogP contribution in [0.25, 0.3) is 5.52 Å². The third kappa shape index (κ3) is 2.96.